The van der Waals surface area contributed by atoms with Crippen molar-refractivity contribution in [3.63, 3.8) is 0 Å². The van der Waals surface area contributed by atoms with E-state index in [1.807, 2.05) is 0 Å². The van der Waals surface area contributed by atoms with Gasteiger partial charge in [0.25, 0.3) is 17.4 Å². The molecule has 10 heteroatoms. The average Bonchev–Trinajstić information content (AvgIpc) is 2.77. The van der Waals surface area contributed by atoms with E-state index in [9.17, 15) is 27.6 Å². The van der Waals surface area contributed by atoms with Crippen LogP contribution in [0.3, 0.4) is 0 Å². The molecule has 0 spiro atoms. The Morgan fingerprint density at radius 1 is 0.970 bits per heavy atom. The van der Waals surface area contributed by atoms with Crippen LogP contribution in [0.15, 0.2) is 65.5 Å². The summed E-state index contributed by atoms with van der Waals surface area (Å²) < 4.78 is 40.6. The molecule has 0 aliphatic carbocycles. The number of alkyl halides is 3. The Morgan fingerprint density at radius 3 is 2.24 bits per heavy atom. The molecule has 7 nitrogen and oxygen atoms in total. The van der Waals surface area contributed by atoms with Gasteiger partial charge in [-0.3, -0.25) is 19.0 Å². The number of carbonyl (C=O) groups is 2. The topological polar surface area (TPSA) is 80.6 Å². The summed E-state index contributed by atoms with van der Waals surface area (Å²) in [5, 5.41) is 0. The van der Waals surface area contributed by atoms with Crippen molar-refractivity contribution in [1.29, 1.82) is 0 Å². The lowest BCUT2D eigenvalue weighted by Crippen LogP contribution is -2.37. The molecule has 33 heavy (non-hydrogen) atoms. The third-order valence-corrected chi connectivity index (χ3v) is 4.77. The summed E-state index contributed by atoms with van der Waals surface area (Å²) in [5.74, 6) is -1.20. The first kappa shape index (κ1) is 23.6. The van der Waals surface area contributed by atoms with Crippen molar-refractivity contribution in [2.75, 3.05) is 14.1 Å². The summed E-state index contributed by atoms with van der Waals surface area (Å²) in [6.45, 7) is 1.42. The molecule has 0 aliphatic rings. The van der Waals surface area contributed by atoms with Gasteiger partial charge in [-0.25, -0.2) is 0 Å². The van der Waals surface area contributed by atoms with Crippen LogP contribution >= 0.6 is 0 Å². The van der Waals surface area contributed by atoms with Gasteiger partial charge in [0, 0.05) is 25.5 Å². The molecule has 0 atom stereocenters. The molecule has 0 unspecified atom stereocenters. The molecule has 3 rings (SSSR count). The number of nitrogens with one attached hydrogen (secondary N) is 1. The molecule has 1 aromatic heterocycles. The number of pyridine rings is 1. The zero-order valence-electron chi connectivity index (χ0n) is 17.9. The van der Waals surface area contributed by atoms with Gasteiger partial charge in [0.2, 0.25) is 0 Å². The molecule has 0 radical (unpaired) electrons. The lowest BCUT2D eigenvalue weighted by atomic mass is 10.1. The maximum absolute atomic E-state index is 13.2. The van der Waals surface area contributed by atoms with Crippen molar-refractivity contribution in [2.45, 2.75) is 13.1 Å². The molecular weight excluding hydrogens is 439 g/mol. The fraction of sp³-hybridized carbons (Fsp3) is 0.174. The van der Waals surface area contributed by atoms with Crippen LogP contribution in [0.25, 0.3) is 5.69 Å². The minimum atomic E-state index is -4.64. The number of para-hydroxylation sites is 1. The van der Waals surface area contributed by atoms with Gasteiger partial charge in [-0.15, -0.1) is 0 Å². The highest BCUT2D eigenvalue weighted by Gasteiger charge is 2.31. The second kappa shape index (κ2) is 9.19. The molecule has 2 amide bonds. The smallest absolute Gasteiger partial charge is 0.379 e. The van der Waals surface area contributed by atoms with Gasteiger partial charge in [-0.2, -0.15) is 18.7 Å². The predicted octanol–water partition coefficient (Wildman–Crippen LogP) is 3.59. The minimum Gasteiger partial charge on any atom is -0.379 e. The largest absolute Gasteiger partial charge is 0.416 e. The van der Waals surface area contributed by atoms with Crippen LogP contribution in [0.1, 0.15) is 32.0 Å². The molecule has 172 valence electrons. The van der Waals surface area contributed by atoms with Gasteiger partial charge in [0.1, 0.15) is 5.56 Å². The Bertz CT molecular complexity index is 1250. The molecule has 0 saturated heterocycles. The lowest BCUT2D eigenvalue weighted by molar-refractivity contribution is -0.137. The summed E-state index contributed by atoms with van der Waals surface area (Å²) in [7, 11) is 2.94. The molecular formula is C23H20F3N3O4. The molecule has 0 fully saturated rings. The van der Waals surface area contributed by atoms with E-state index in [0.29, 0.717) is 5.75 Å². The third-order valence-electron chi connectivity index (χ3n) is 4.77. The number of amides is 2. The summed E-state index contributed by atoms with van der Waals surface area (Å²) in [4.78, 5) is 45.0. The van der Waals surface area contributed by atoms with Crippen LogP contribution in [0.4, 0.5) is 13.2 Å². The molecule has 0 aliphatic heterocycles. The number of hydrogen-bond acceptors (Lipinski definition) is 4. The third kappa shape index (κ3) is 5.05. The summed E-state index contributed by atoms with van der Waals surface area (Å²) in [5.41, 5.74) is -0.313. The monoisotopic (exact) mass is 459 g/mol. The molecule has 2 aromatic carbocycles. The van der Waals surface area contributed by atoms with E-state index in [4.69, 9.17) is 4.84 Å². The summed E-state index contributed by atoms with van der Waals surface area (Å²) in [6, 6.07) is 13.4. The highest BCUT2D eigenvalue weighted by atomic mass is 19.4. The van der Waals surface area contributed by atoms with E-state index in [1.165, 1.54) is 32.0 Å². The maximum atomic E-state index is 13.2. The fourth-order valence-electron chi connectivity index (χ4n) is 3.10. The standard InChI is InChI=1S/C23H20F3N3O4/c1-14-18(21(31)28(2)3)13-19(20(30)27-33-17-10-5-4-6-11-17)22(32)29(14)16-9-7-8-15(12-16)23(24,25)26/h4-13H,1-3H3,(H,27,30). The second-order valence-electron chi connectivity index (χ2n) is 7.29. The molecule has 3 aromatic rings. The van der Waals surface area contributed by atoms with Gasteiger partial charge in [-0.05, 0) is 43.3 Å². The van der Waals surface area contributed by atoms with Gasteiger partial charge in [-0.1, -0.05) is 24.3 Å². The van der Waals surface area contributed by atoms with Gasteiger partial charge < -0.3 is 9.74 Å². The number of benzene rings is 2. The Balaban J connectivity index is 2.15. The summed E-state index contributed by atoms with van der Waals surface area (Å²) >= 11 is 0. The van der Waals surface area contributed by atoms with Crippen molar-refractivity contribution >= 4 is 11.8 Å². The van der Waals surface area contributed by atoms with E-state index < -0.39 is 34.7 Å². The van der Waals surface area contributed by atoms with Crippen LogP contribution in [0.2, 0.25) is 0 Å². The second-order valence-corrected chi connectivity index (χ2v) is 7.29. The Labute approximate surface area is 187 Å². The number of carbonyl (C=O) groups excluding carboxylic acids is 2. The van der Waals surface area contributed by atoms with E-state index in [1.54, 1.807) is 30.3 Å². The minimum absolute atomic E-state index is 0.0260. The number of nitrogens with zero attached hydrogens (tertiary/aromatic N) is 2. The first-order valence-electron chi connectivity index (χ1n) is 9.69. The van der Waals surface area contributed by atoms with E-state index >= 15 is 0 Å². The molecule has 1 N–H and O–H groups in total. The summed E-state index contributed by atoms with van der Waals surface area (Å²) in [6.07, 6.45) is -4.64. The zero-order chi connectivity index (χ0) is 24.3. The highest BCUT2D eigenvalue weighted by molar-refractivity contribution is 5.99. The van der Waals surface area contributed by atoms with Crippen molar-refractivity contribution in [3.05, 3.63) is 93.4 Å². The van der Waals surface area contributed by atoms with Crippen molar-refractivity contribution in [3.8, 4) is 11.4 Å². The average molecular weight is 459 g/mol. The quantitative estimate of drug-likeness (QED) is 0.592. The Kier molecular flexibility index (Phi) is 6.57. The first-order chi connectivity index (χ1) is 15.5. The first-order valence-corrected chi connectivity index (χ1v) is 9.69. The number of halogens is 3. The maximum Gasteiger partial charge on any atom is 0.416 e. The van der Waals surface area contributed by atoms with E-state index in [-0.39, 0.29) is 16.9 Å². The van der Waals surface area contributed by atoms with Crippen LogP contribution in [-0.2, 0) is 6.18 Å². The van der Waals surface area contributed by atoms with Gasteiger partial charge >= 0.3 is 6.18 Å². The predicted molar refractivity (Wildman–Crippen MR) is 114 cm³/mol. The molecule has 1 heterocycles. The van der Waals surface area contributed by atoms with Crippen molar-refractivity contribution in [1.82, 2.24) is 14.9 Å². The fourth-order valence-corrected chi connectivity index (χ4v) is 3.10. The van der Waals surface area contributed by atoms with Crippen LogP contribution in [-0.4, -0.2) is 35.4 Å². The van der Waals surface area contributed by atoms with Crippen LogP contribution < -0.4 is 15.9 Å². The van der Waals surface area contributed by atoms with Crippen LogP contribution in [0.5, 0.6) is 5.75 Å². The Morgan fingerprint density at radius 2 is 1.64 bits per heavy atom. The van der Waals surface area contributed by atoms with Gasteiger partial charge in [0.05, 0.1) is 11.1 Å². The lowest BCUT2D eigenvalue weighted by Gasteiger charge is -2.19. The zero-order valence-corrected chi connectivity index (χ0v) is 17.9. The van der Waals surface area contributed by atoms with Gasteiger partial charge in [0.15, 0.2) is 5.75 Å². The van der Waals surface area contributed by atoms with Crippen molar-refractivity contribution < 1.29 is 27.6 Å². The molecule has 0 saturated carbocycles. The van der Waals surface area contributed by atoms with E-state index in [2.05, 4.69) is 5.48 Å². The number of hydroxylamine groups is 1. The number of hydrogen-bond donors (Lipinski definition) is 1. The highest BCUT2D eigenvalue weighted by Crippen LogP contribution is 2.30. The normalized spacial score (nSPS) is 11.1. The van der Waals surface area contributed by atoms with Crippen molar-refractivity contribution in [2.24, 2.45) is 0 Å². The van der Waals surface area contributed by atoms with E-state index in [0.717, 1.165) is 28.8 Å². The molecule has 0 bridgehead atoms. The van der Waals surface area contributed by atoms with Crippen LogP contribution in [0, 0.1) is 6.92 Å². The SMILES string of the molecule is Cc1c(C(=O)N(C)C)cc(C(=O)NOc2ccccc2)c(=O)n1-c1cccc(C(F)(F)F)c1. The number of rotatable bonds is 5. The number of aromatic nitrogens is 1. The Hall–Kier alpha value is -4.08.